The zero-order chi connectivity index (χ0) is 13.8. The van der Waals surface area contributed by atoms with Crippen LogP contribution in [0.25, 0.3) is 5.95 Å². The Labute approximate surface area is 113 Å². The summed E-state index contributed by atoms with van der Waals surface area (Å²) in [6, 6.07) is 5.42. The van der Waals surface area contributed by atoms with E-state index in [0.29, 0.717) is 18.4 Å². The first-order valence-corrected chi connectivity index (χ1v) is 5.83. The van der Waals surface area contributed by atoms with Crippen molar-refractivity contribution in [3.63, 3.8) is 0 Å². The number of hydrogen-bond acceptors (Lipinski definition) is 8. The van der Waals surface area contributed by atoms with Crippen molar-refractivity contribution in [3.05, 3.63) is 42.5 Å². The van der Waals surface area contributed by atoms with Crippen LogP contribution in [0.1, 0.15) is 5.69 Å². The first-order valence-electron chi connectivity index (χ1n) is 5.83. The van der Waals surface area contributed by atoms with Crippen molar-refractivity contribution in [2.75, 3.05) is 11.1 Å². The summed E-state index contributed by atoms with van der Waals surface area (Å²) in [5.74, 6) is 0.824. The highest BCUT2D eigenvalue weighted by atomic mass is 15.4. The van der Waals surface area contributed by atoms with Gasteiger partial charge < -0.3 is 11.1 Å². The molecule has 0 atom stereocenters. The molecule has 3 heterocycles. The molecule has 0 bridgehead atoms. The molecular formula is C11H11N9. The molecule has 0 aliphatic heterocycles. The maximum Gasteiger partial charge on any atom is 0.257 e. The van der Waals surface area contributed by atoms with E-state index in [2.05, 4.69) is 35.6 Å². The Kier molecular flexibility index (Phi) is 3.15. The van der Waals surface area contributed by atoms with E-state index in [4.69, 9.17) is 5.73 Å². The molecule has 20 heavy (non-hydrogen) atoms. The van der Waals surface area contributed by atoms with Crippen LogP contribution < -0.4 is 11.1 Å². The monoisotopic (exact) mass is 269 g/mol. The number of anilines is 2. The molecule has 3 aromatic rings. The van der Waals surface area contributed by atoms with E-state index in [1.807, 2.05) is 6.07 Å². The van der Waals surface area contributed by atoms with Gasteiger partial charge in [0.25, 0.3) is 5.95 Å². The van der Waals surface area contributed by atoms with Crippen LogP contribution in [0.4, 0.5) is 11.9 Å². The van der Waals surface area contributed by atoms with Gasteiger partial charge in [0.1, 0.15) is 0 Å². The summed E-state index contributed by atoms with van der Waals surface area (Å²) in [6.45, 7) is 0.440. The number of nitrogens with two attached hydrogens (primary N) is 1. The summed E-state index contributed by atoms with van der Waals surface area (Å²) in [4.78, 5) is 12.3. The summed E-state index contributed by atoms with van der Waals surface area (Å²) in [5, 5.41) is 14.8. The van der Waals surface area contributed by atoms with Crippen molar-refractivity contribution >= 4 is 11.9 Å². The van der Waals surface area contributed by atoms with Gasteiger partial charge in [-0.25, -0.2) is 4.68 Å². The highest BCUT2D eigenvalue weighted by molar-refractivity contribution is 5.35. The zero-order valence-corrected chi connectivity index (χ0v) is 10.4. The number of hydrogen-bond donors (Lipinski definition) is 2. The van der Waals surface area contributed by atoms with Gasteiger partial charge >= 0.3 is 0 Å². The van der Waals surface area contributed by atoms with E-state index in [1.165, 1.54) is 4.68 Å². The average molecular weight is 269 g/mol. The second-order valence-electron chi connectivity index (χ2n) is 3.84. The molecule has 3 aromatic heterocycles. The minimum atomic E-state index is 0.118. The number of rotatable bonds is 4. The quantitative estimate of drug-likeness (QED) is 0.681. The standard InChI is InChI=1S/C11H11N9/c12-9-16-10(13-7-8-3-1-4-14-19-8)18-11(17-9)20-6-2-5-15-20/h1-6H,7H2,(H3,12,13,16,17,18). The van der Waals surface area contributed by atoms with Crippen LogP contribution >= 0.6 is 0 Å². The van der Waals surface area contributed by atoms with E-state index in [9.17, 15) is 0 Å². The second-order valence-corrected chi connectivity index (χ2v) is 3.84. The molecule has 0 spiro atoms. The molecule has 0 aliphatic carbocycles. The van der Waals surface area contributed by atoms with Gasteiger partial charge in [-0.15, -0.1) is 0 Å². The smallest absolute Gasteiger partial charge is 0.257 e. The van der Waals surface area contributed by atoms with Gasteiger partial charge in [0.2, 0.25) is 11.9 Å². The van der Waals surface area contributed by atoms with Crippen LogP contribution in [0.5, 0.6) is 0 Å². The Bertz CT molecular complexity index is 680. The van der Waals surface area contributed by atoms with Crippen molar-refractivity contribution in [2.45, 2.75) is 6.54 Å². The van der Waals surface area contributed by atoms with Crippen LogP contribution in [-0.2, 0) is 6.54 Å². The molecule has 100 valence electrons. The molecule has 0 radical (unpaired) electrons. The van der Waals surface area contributed by atoms with Gasteiger partial charge in [-0.3, -0.25) is 0 Å². The minimum absolute atomic E-state index is 0.118. The summed E-state index contributed by atoms with van der Waals surface area (Å²) in [6.07, 6.45) is 4.97. The molecule has 0 aliphatic rings. The first kappa shape index (κ1) is 12.0. The molecule has 0 amide bonds. The molecule has 0 saturated carbocycles. The maximum absolute atomic E-state index is 5.66. The fraction of sp³-hybridized carbons (Fsp3) is 0.0909. The van der Waals surface area contributed by atoms with E-state index in [-0.39, 0.29) is 5.95 Å². The van der Waals surface area contributed by atoms with Crippen molar-refractivity contribution in [1.82, 2.24) is 34.9 Å². The maximum atomic E-state index is 5.66. The summed E-state index contributed by atoms with van der Waals surface area (Å²) in [5.41, 5.74) is 6.43. The number of aromatic nitrogens is 7. The SMILES string of the molecule is Nc1nc(NCc2cccnn2)nc(-n2cccn2)n1. The molecule has 3 N–H and O–H groups in total. The van der Waals surface area contributed by atoms with Crippen molar-refractivity contribution in [3.8, 4) is 5.95 Å². The van der Waals surface area contributed by atoms with Gasteiger partial charge in [0, 0.05) is 18.6 Å². The van der Waals surface area contributed by atoms with Crippen LogP contribution in [-0.4, -0.2) is 34.9 Å². The van der Waals surface area contributed by atoms with Gasteiger partial charge in [0.15, 0.2) is 0 Å². The van der Waals surface area contributed by atoms with E-state index in [1.54, 1.807) is 30.7 Å². The van der Waals surface area contributed by atoms with E-state index < -0.39 is 0 Å². The Hall–Kier alpha value is -3.10. The Morgan fingerprint density at radius 1 is 1.15 bits per heavy atom. The van der Waals surface area contributed by atoms with E-state index >= 15 is 0 Å². The molecule has 9 nitrogen and oxygen atoms in total. The summed E-state index contributed by atoms with van der Waals surface area (Å²) in [7, 11) is 0. The van der Waals surface area contributed by atoms with Crippen molar-refractivity contribution in [1.29, 1.82) is 0 Å². The summed E-state index contributed by atoms with van der Waals surface area (Å²) >= 11 is 0. The molecule has 3 rings (SSSR count). The number of nitrogen functional groups attached to an aromatic ring is 1. The third kappa shape index (κ3) is 2.66. The molecule has 0 fully saturated rings. The highest BCUT2D eigenvalue weighted by Crippen LogP contribution is 2.07. The Morgan fingerprint density at radius 2 is 2.10 bits per heavy atom. The van der Waals surface area contributed by atoms with Gasteiger partial charge in [-0.2, -0.15) is 30.2 Å². The lowest BCUT2D eigenvalue weighted by atomic mass is 10.4. The normalized spacial score (nSPS) is 10.4. The topological polar surface area (TPSA) is 120 Å². The predicted molar refractivity (Wildman–Crippen MR) is 70.7 cm³/mol. The average Bonchev–Trinajstić information content (AvgIpc) is 3.00. The predicted octanol–water partition coefficient (Wildman–Crippen LogP) is 0.0416. The summed E-state index contributed by atoms with van der Waals surface area (Å²) < 4.78 is 1.51. The lowest BCUT2D eigenvalue weighted by molar-refractivity contribution is 0.797. The van der Waals surface area contributed by atoms with Crippen LogP contribution in [0, 0.1) is 0 Å². The molecular weight excluding hydrogens is 258 g/mol. The lowest BCUT2D eigenvalue weighted by Gasteiger charge is -2.06. The van der Waals surface area contributed by atoms with Crippen molar-refractivity contribution in [2.24, 2.45) is 0 Å². The number of nitrogens with one attached hydrogen (secondary N) is 1. The Morgan fingerprint density at radius 3 is 2.85 bits per heavy atom. The zero-order valence-electron chi connectivity index (χ0n) is 10.4. The lowest BCUT2D eigenvalue weighted by Crippen LogP contribution is -2.12. The van der Waals surface area contributed by atoms with Gasteiger partial charge in [-0.05, 0) is 18.2 Å². The molecule has 0 saturated heterocycles. The van der Waals surface area contributed by atoms with Crippen molar-refractivity contribution < 1.29 is 0 Å². The highest BCUT2D eigenvalue weighted by Gasteiger charge is 2.06. The molecule has 0 unspecified atom stereocenters. The van der Waals surface area contributed by atoms with E-state index in [0.717, 1.165) is 5.69 Å². The largest absolute Gasteiger partial charge is 0.368 e. The molecule has 9 heteroatoms. The number of nitrogens with zero attached hydrogens (tertiary/aromatic N) is 7. The first-order chi connectivity index (χ1) is 9.81. The second kappa shape index (κ2) is 5.26. The van der Waals surface area contributed by atoms with Gasteiger partial charge in [0.05, 0.1) is 12.2 Å². The third-order valence-corrected chi connectivity index (χ3v) is 2.41. The van der Waals surface area contributed by atoms with Crippen LogP contribution in [0.3, 0.4) is 0 Å². The van der Waals surface area contributed by atoms with Gasteiger partial charge in [-0.1, -0.05) is 0 Å². The van der Waals surface area contributed by atoms with Crippen LogP contribution in [0.2, 0.25) is 0 Å². The third-order valence-electron chi connectivity index (χ3n) is 2.41. The fourth-order valence-corrected chi connectivity index (χ4v) is 1.55. The minimum Gasteiger partial charge on any atom is -0.368 e. The molecule has 0 aromatic carbocycles. The van der Waals surface area contributed by atoms with Crippen LogP contribution in [0.15, 0.2) is 36.8 Å². The Balaban J connectivity index is 1.80. The fourth-order valence-electron chi connectivity index (χ4n) is 1.55.